The third-order valence-corrected chi connectivity index (χ3v) is 4.25. The van der Waals surface area contributed by atoms with Crippen LogP contribution in [-0.4, -0.2) is 55.0 Å². The summed E-state index contributed by atoms with van der Waals surface area (Å²) < 4.78 is 0. The fraction of sp³-hybridized carbons (Fsp3) is 0.917. The molecule has 2 fully saturated rings. The monoisotopic (exact) mass is 225 g/mol. The van der Waals surface area contributed by atoms with Crippen LogP contribution in [0.3, 0.4) is 0 Å². The molecule has 0 aromatic heterocycles. The minimum atomic E-state index is 0.237. The molecule has 2 aliphatic rings. The number of piperidine rings is 1. The molecule has 0 bridgehead atoms. The number of hydrogen-bond acceptors (Lipinski definition) is 3. The van der Waals surface area contributed by atoms with Gasteiger partial charge in [0, 0.05) is 33.1 Å². The van der Waals surface area contributed by atoms with Crippen molar-refractivity contribution < 1.29 is 4.79 Å². The maximum atomic E-state index is 11.3. The lowest BCUT2D eigenvalue weighted by molar-refractivity contribution is -0.128. The smallest absolute Gasteiger partial charge is 0.219 e. The van der Waals surface area contributed by atoms with E-state index in [1.165, 1.54) is 19.3 Å². The molecule has 1 amide bonds. The molecule has 0 saturated carbocycles. The van der Waals surface area contributed by atoms with Crippen molar-refractivity contribution in [3.05, 3.63) is 0 Å². The Labute approximate surface area is 97.8 Å². The number of likely N-dealkylation sites (tertiary alicyclic amines) is 2. The van der Waals surface area contributed by atoms with E-state index in [1.54, 1.807) is 6.92 Å². The predicted molar refractivity (Wildman–Crippen MR) is 64.0 cm³/mol. The number of hydrogen-bond donors (Lipinski definition) is 1. The third-order valence-electron chi connectivity index (χ3n) is 4.25. The van der Waals surface area contributed by atoms with Gasteiger partial charge in [-0.05, 0) is 37.8 Å². The lowest BCUT2D eigenvalue weighted by atomic mass is 9.78. The molecule has 2 heterocycles. The summed E-state index contributed by atoms with van der Waals surface area (Å²) in [5.74, 6) is 0.237. The van der Waals surface area contributed by atoms with Crippen LogP contribution in [0.5, 0.6) is 0 Å². The summed E-state index contributed by atoms with van der Waals surface area (Å²) in [4.78, 5) is 15.8. The Morgan fingerprint density at radius 2 is 1.88 bits per heavy atom. The van der Waals surface area contributed by atoms with Gasteiger partial charge in [-0.3, -0.25) is 4.79 Å². The molecule has 1 spiro atoms. The summed E-state index contributed by atoms with van der Waals surface area (Å²) >= 11 is 0. The number of nitrogens with zero attached hydrogens (tertiary/aromatic N) is 2. The molecule has 0 atom stereocenters. The van der Waals surface area contributed by atoms with Crippen LogP contribution >= 0.6 is 0 Å². The molecule has 92 valence electrons. The Bertz CT molecular complexity index is 259. The van der Waals surface area contributed by atoms with E-state index in [4.69, 9.17) is 5.73 Å². The van der Waals surface area contributed by atoms with Gasteiger partial charge in [0.25, 0.3) is 0 Å². The van der Waals surface area contributed by atoms with Gasteiger partial charge in [-0.25, -0.2) is 0 Å². The second kappa shape index (κ2) is 4.72. The highest BCUT2D eigenvalue weighted by Crippen LogP contribution is 2.40. The van der Waals surface area contributed by atoms with Crippen molar-refractivity contribution in [3.8, 4) is 0 Å². The number of amides is 1. The van der Waals surface area contributed by atoms with Gasteiger partial charge >= 0.3 is 0 Å². The van der Waals surface area contributed by atoms with Crippen LogP contribution in [0.1, 0.15) is 26.2 Å². The molecule has 4 nitrogen and oxygen atoms in total. The normalized spacial score (nSPS) is 25.2. The van der Waals surface area contributed by atoms with Gasteiger partial charge in [-0.15, -0.1) is 0 Å². The van der Waals surface area contributed by atoms with Crippen molar-refractivity contribution in [1.29, 1.82) is 0 Å². The van der Waals surface area contributed by atoms with Crippen molar-refractivity contribution >= 4 is 5.91 Å². The molecule has 2 rings (SSSR count). The zero-order valence-corrected chi connectivity index (χ0v) is 10.2. The van der Waals surface area contributed by atoms with Gasteiger partial charge < -0.3 is 15.5 Å². The van der Waals surface area contributed by atoms with E-state index in [-0.39, 0.29) is 5.91 Å². The topological polar surface area (TPSA) is 49.6 Å². The van der Waals surface area contributed by atoms with E-state index in [1.807, 2.05) is 4.90 Å². The highest BCUT2D eigenvalue weighted by Gasteiger charge is 2.40. The van der Waals surface area contributed by atoms with Crippen molar-refractivity contribution in [3.63, 3.8) is 0 Å². The minimum absolute atomic E-state index is 0.237. The summed E-state index contributed by atoms with van der Waals surface area (Å²) in [7, 11) is 0. The van der Waals surface area contributed by atoms with Crippen LogP contribution in [-0.2, 0) is 4.79 Å². The highest BCUT2D eigenvalue weighted by molar-refractivity contribution is 5.73. The molecule has 2 aliphatic heterocycles. The van der Waals surface area contributed by atoms with E-state index in [9.17, 15) is 4.79 Å². The molecule has 0 aromatic rings. The van der Waals surface area contributed by atoms with Crippen molar-refractivity contribution in [2.75, 3.05) is 39.3 Å². The van der Waals surface area contributed by atoms with Gasteiger partial charge in [0.05, 0.1) is 0 Å². The van der Waals surface area contributed by atoms with Gasteiger partial charge in [-0.1, -0.05) is 0 Å². The van der Waals surface area contributed by atoms with Crippen LogP contribution < -0.4 is 5.73 Å². The van der Waals surface area contributed by atoms with Crippen LogP contribution in [0.25, 0.3) is 0 Å². The Morgan fingerprint density at radius 3 is 2.38 bits per heavy atom. The Hall–Kier alpha value is -0.610. The average molecular weight is 225 g/mol. The molecule has 0 radical (unpaired) electrons. The Morgan fingerprint density at radius 1 is 1.25 bits per heavy atom. The fourth-order valence-corrected chi connectivity index (χ4v) is 3.05. The van der Waals surface area contributed by atoms with Crippen molar-refractivity contribution in [2.45, 2.75) is 26.2 Å². The van der Waals surface area contributed by atoms with E-state index < -0.39 is 0 Å². The average Bonchev–Trinajstić information content (AvgIpc) is 2.67. The van der Waals surface area contributed by atoms with E-state index in [0.717, 1.165) is 39.3 Å². The minimum Gasteiger partial charge on any atom is -0.342 e. The van der Waals surface area contributed by atoms with Crippen LogP contribution in [0, 0.1) is 5.41 Å². The molecular weight excluding hydrogens is 202 g/mol. The largest absolute Gasteiger partial charge is 0.342 e. The summed E-state index contributed by atoms with van der Waals surface area (Å²) in [6.45, 7) is 7.72. The first kappa shape index (κ1) is 11.9. The zero-order valence-electron chi connectivity index (χ0n) is 10.2. The summed E-state index contributed by atoms with van der Waals surface area (Å²) in [6, 6.07) is 0. The van der Waals surface area contributed by atoms with E-state index in [2.05, 4.69) is 4.90 Å². The standard InChI is InChI=1S/C12H23N3O/c1-11(16)15-8-4-12(10-15)2-6-14(7-3-12)9-5-13/h2-10,13H2,1H3. The maximum Gasteiger partial charge on any atom is 0.219 e. The number of carbonyl (C=O) groups excluding carboxylic acids is 1. The highest BCUT2D eigenvalue weighted by atomic mass is 16.2. The summed E-state index contributed by atoms with van der Waals surface area (Å²) in [5.41, 5.74) is 6.00. The second-order valence-electron chi connectivity index (χ2n) is 5.32. The lowest BCUT2D eigenvalue weighted by Gasteiger charge is -2.39. The molecule has 0 unspecified atom stereocenters. The lowest BCUT2D eigenvalue weighted by Crippen LogP contribution is -2.43. The molecular formula is C12H23N3O. The summed E-state index contributed by atoms with van der Waals surface area (Å²) in [6.07, 6.45) is 3.66. The SMILES string of the molecule is CC(=O)N1CCC2(CCN(CCN)CC2)C1. The maximum absolute atomic E-state index is 11.3. The van der Waals surface area contributed by atoms with E-state index >= 15 is 0 Å². The first-order valence-electron chi connectivity index (χ1n) is 6.33. The van der Waals surface area contributed by atoms with Crippen LogP contribution in [0.4, 0.5) is 0 Å². The number of nitrogens with two attached hydrogens (primary N) is 1. The van der Waals surface area contributed by atoms with Crippen molar-refractivity contribution in [1.82, 2.24) is 9.80 Å². The van der Waals surface area contributed by atoms with Crippen LogP contribution in [0.2, 0.25) is 0 Å². The molecule has 0 aromatic carbocycles. The number of carbonyl (C=O) groups is 1. The summed E-state index contributed by atoms with van der Waals surface area (Å²) in [5, 5.41) is 0. The van der Waals surface area contributed by atoms with E-state index in [0.29, 0.717) is 5.41 Å². The molecule has 2 saturated heterocycles. The third kappa shape index (κ3) is 2.38. The molecule has 16 heavy (non-hydrogen) atoms. The molecule has 2 N–H and O–H groups in total. The zero-order chi connectivity index (χ0) is 11.6. The molecule has 0 aliphatic carbocycles. The first-order chi connectivity index (χ1) is 7.65. The van der Waals surface area contributed by atoms with Crippen LogP contribution in [0.15, 0.2) is 0 Å². The second-order valence-corrected chi connectivity index (χ2v) is 5.32. The molecule has 4 heteroatoms. The van der Waals surface area contributed by atoms with Crippen molar-refractivity contribution in [2.24, 2.45) is 11.1 Å². The van der Waals surface area contributed by atoms with Gasteiger partial charge in [0.15, 0.2) is 0 Å². The quantitative estimate of drug-likeness (QED) is 0.734. The fourth-order valence-electron chi connectivity index (χ4n) is 3.05. The predicted octanol–water partition coefficient (Wildman–Crippen LogP) is 0.280. The first-order valence-corrected chi connectivity index (χ1v) is 6.33. The Kier molecular flexibility index (Phi) is 3.50. The van der Waals surface area contributed by atoms with Gasteiger partial charge in [0.1, 0.15) is 0 Å². The number of rotatable bonds is 2. The van der Waals surface area contributed by atoms with Gasteiger partial charge in [-0.2, -0.15) is 0 Å². The Balaban J connectivity index is 1.86. The van der Waals surface area contributed by atoms with Gasteiger partial charge in [0.2, 0.25) is 5.91 Å².